The van der Waals surface area contributed by atoms with Crippen LogP contribution in [0.1, 0.15) is 23.1 Å². The van der Waals surface area contributed by atoms with Crippen molar-refractivity contribution in [2.45, 2.75) is 12.8 Å². The molecule has 5 aromatic carbocycles. The van der Waals surface area contributed by atoms with Crippen LogP contribution < -0.4 is 5.32 Å². The molecule has 1 N–H and O–H groups in total. The van der Waals surface area contributed by atoms with Crippen molar-refractivity contribution in [3.63, 3.8) is 0 Å². The van der Waals surface area contributed by atoms with Gasteiger partial charge in [-0.1, -0.05) is 78.9 Å². The van der Waals surface area contributed by atoms with Crippen molar-refractivity contribution in [1.29, 1.82) is 0 Å². The van der Waals surface area contributed by atoms with Gasteiger partial charge in [-0.3, -0.25) is 0 Å². The van der Waals surface area contributed by atoms with Gasteiger partial charge in [-0.05, 0) is 83.6 Å². The molecule has 7 rings (SSSR count). The van der Waals surface area contributed by atoms with E-state index in [-0.39, 0.29) is 0 Å². The molecular weight excluding hydrogens is 436 g/mol. The lowest BCUT2D eigenvalue weighted by atomic mass is 9.89. The van der Waals surface area contributed by atoms with Crippen molar-refractivity contribution in [2.24, 2.45) is 0 Å². The highest BCUT2D eigenvalue weighted by atomic mass is 15.0. The summed E-state index contributed by atoms with van der Waals surface area (Å²) in [5, 5.41) is 6.14. The van der Waals surface area contributed by atoms with Crippen LogP contribution in [-0.4, -0.2) is 4.57 Å². The van der Waals surface area contributed by atoms with E-state index in [4.69, 9.17) is 0 Å². The normalized spacial score (nSPS) is 12.9. The molecule has 0 unspecified atom stereocenters. The van der Waals surface area contributed by atoms with Crippen molar-refractivity contribution < 1.29 is 0 Å². The molecule has 0 amide bonds. The number of aryl methyl sites for hydroxylation is 1. The number of nitrogens with zero attached hydrogens (tertiary/aromatic N) is 1. The number of benzene rings is 5. The van der Waals surface area contributed by atoms with Gasteiger partial charge in [-0.15, -0.1) is 0 Å². The maximum absolute atomic E-state index is 3.63. The van der Waals surface area contributed by atoms with E-state index in [9.17, 15) is 0 Å². The molecule has 1 aliphatic rings. The van der Waals surface area contributed by atoms with Crippen LogP contribution in [0.3, 0.4) is 0 Å². The zero-order valence-corrected chi connectivity index (χ0v) is 20.0. The SMILES string of the molecule is C1=C(c2ccc(Nc3ccc4c(c3)c3ccccc3n4-c3ccccc3)cc2)CCc2ccccc21. The molecule has 0 radical (unpaired) electrons. The third-order valence-corrected chi connectivity index (χ3v) is 7.28. The van der Waals surface area contributed by atoms with Crippen molar-refractivity contribution in [2.75, 3.05) is 5.32 Å². The van der Waals surface area contributed by atoms with Crippen molar-refractivity contribution in [3.05, 3.63) is 138 Å². The van der Waals surface area contributed by atoms with Gasteiger partial charge >= 0.3 is 0 Å². The summed E-state index contributed by atoms with van der Waals surface area (Å²) in [7, 11) is 0. The second-order valence-electron chi connectivity index (χ2n) is 9.49. The monoisotopic (exact) mass is 462 g/mol. The molecule has 172 valence electrons. The van der Waals surface area contributed by atoms with E-state index in [1.54, 1.807) is 0 Å². The Kier molecular flexibility index (Phi) is 4.96. The third kappa shape index (κ3) is 3.59. The van der Waals surface area contributed by atoms with Crippen LogP contribution >= 0.6 is 0 Å². The molecule has 0 spiro atoms. The van der Waals surface area contributed by atoms with Gasteiger partial charge in [0.2, 0.25) is 0 Å². The first-order valence-corrected chi connectivity index (χ1v) is 12.6. The Morgan fingerprint density at radius 3 is 2.17 bits per heavy atom. The molecular formula is C34H26N2. The highest BCUT2D eigenvalue weighted by Crippen LogP contribution is 2.35. The van der Waals surface area contributed by atoms with Gasteiger partial charge in [-0.2, -0.15) is 0 Å². The summed E-state index contributed by atoms with van der Waals surface area (Å²) < 4.78 is 2.35. The molecule has 2 nitrogen and oxygen atoms in total. The number of hydrogen-bond donors (Lipinski definition) is 1. The Balaban J connectivity index is 1.21. The van der Waals surface area contributed by atoms with Crippen LogP contribution in [0, 0.1) is 0 Å². The summed E-state index contributed by atoms with van der Waals surface area (Å²) in [6.45, 7) is 0. The van der Waals surface area contributed by atoms with E-state index in [0.29, 0.717) is 0 Å². The van der Waals surface area contributed by atoms with Crippen LogP contribution in [0.25, 0.3) is 39.1 Å². The summed E-state index contributed by atoms with van der Waals surface area (Å²) in [5.74, 6) is 0. The maximum atomic E-state index is 3.63. The highest BCUT2D eigenvalue weighted by Gasteiger charge is 2.13. The molecule has 2 heteroatoms. The molecule has 1 heterocycles. The fraction of sp³-hybridized carbons (Fsp3) is 0.0588. The average molecular weight is 463 g/mol. The Bertz CT molecular complexity index is 1740. The molecule has 0 bridgehead atoms. The first-order chi connectivity index (χ1) is 17.8. The zero-order chi connectivity index (χ0) is 23.9. The minimum Gasteiger partial charge on any atom is -0.356 e. The van der Waals surface area contributed by atoms with E-state index in [2.05, 4.69) is 137 Å². The smallest absolute Gasteiger partial charge is 0.0542 e. The molecule has 6 aromatic rings. The van der Waals surface area contributed by atoms with Crippen molar-refractivity contribution in [3.8, 4) is 5.69 Å². The number of allylic oxidation sites excluding steroid dienone is 1. The van der Waals surface area contributed by atoms with E-state index in [0.717, 1.165) is 24.2 Å². The number of hydrogen-bond acceptors (Lipinski definition) is 1. The van der Waals surface area contributed by atoms with E-state index < -0.39 is 0 Å². The molecule has 36 heavy (non-hydrogen) atoms. The second kappa shape index (κ2) is 8.58. The second-order valence-corrected chi connectivity index (χ2v) is 9.49. The largest absolute Gasteiger partial charge is 0.356 e. The Morgan fingerprint density at radius 1 is 0.556 bits per heavy atom. The van der Waals surface area contributed by atoms with Crippen LogP contribution in [-0.2, 0) is 6.42 Å². The Labute approximate surface area is 211 Å². The first kappa shape index (κ1) is 20.8. The van der Waals surface area contributed by atoms with E-state index in [1.807, 2.05) is 0 Å². The number of rotatable bonds is 4. The lowest BCUT2D eigenvalue weighted by molar-refractivity contribution is 1.00. The fourth-order valence-corrected chi connectivity index (χ4v) is 5.50. The molecule has 1 aromatic heterocycles. The highest BCUT2D eigenvalue weighted by molar-refractivity contribution is 6.10. The third-order valence-electron chi connectivity index (χ3n) is 7.28. The van der Waals surface area contributed by atoms with Crippen LogP contribution in [0.5, 0.6) is 0 Å². The topological polar surface area (TPSA) is 17.0 Å². The van der Waals surface area contributed by atoms with Crippen molar-refractivity contribution >= 4 is 44.8 Å². The number of nitrogens with one attached hydrogen (secondary N) is 1. The number of fused-ring (bicyclic) bond motifs is 4. The quantitative estimate of drug-likeness (QED) is 0.276. The van der Waals surface area contributed by atoms with E-state index >= 15 is 0 Å². The summed E-state index contributed by atoms with van der Waals surface area (Å²) >= 11 is 0. The summed E-state index contributed by atoms with van der Waals surface area (Å²) in [6, 6.07) is 43.5. The van der Waals surface area contributed by atoms with Crippen LogP contribution in [0.4, 0.5) is 11.4 Å². The molecule has 0 atom stereocenters. The fourth-order valence-electron chi connectivity index (χ4n) is 5.50. The number of anilines is 2. The molecule has 0 aliphatic heterocycles. The molecule has 1 aliphatic carbocycles. The minimum absolute atomic E-state index is 1.09. The van der Waals surface area contributed by atoms with Crippen LogP contribution in [0.2, 0.25) is 0 Å². The molecule has 0 saturated heterocycles. The first-order valence-electron chi connectivity index (χ1n) is 12.6. The van der Waals surface area contributed by atoms with Gasteiger partial charge in [0, 0.05) is 27.8 Å². The predicted octanol–water partition coefficient (Wildman–Crippen LogP) is 9.01. The van der Waals surface area contributed by atoms with Crippen molar-refractivity contribution in [1.82, 2.24) is 4.57 Å². The predicted molar refractivity (Wildman–Crippen MR) is 153 cm³/mol. The summed E-state index contributed by atoms with van der Waals surface area (Å²) in [6.07, 6.45) is 4.54. The Morgan fingerprint density at radius 2 is 1.28 bits per heavy atom. The van der Waals surface area contributed by atoms with Gasteiger partial charge < -0.3 is 9.88 Å². The maximum Gasteiger partial charge on any atom is 0.0542 e. The van der Waals surface area contributed by atoms with Gasteiger partial charge in [0.15, 0.2) is 0 Å². The summed E-state index contributed by atoms with van der Waals surface area (Å²) in [4.78, 5) is 0. The molecule has 0 fully saturated rings. The van der Waals surface area contributed by atoms with Gasteiger partial charge in [-0.25, -0.2) is 0 Å². The number of aromatic nitrogens is 1. The standard InChI is InChI=1S/C34H26N2/c1-2-10-30(11-3-1)36-33-13-7-6-12-31(33)32-23-29(20-21-34(32)36)35-28-18-16-25(17-19-28)27-15-14-24-8-4-5-9-26(24)22-27/h1-13,16-23,35H,14-15H2. The van der Waals surface area contributed by atoms with Gasteiger partial charge in [0.1, 0.15) is 0 Å². The zero-order valence-electron chi connectivity index (χ0n) is 20.0. The average Bonchev–Trinajstić information content (AvgIpc) is 3.27. The number of para-hydroxylation sites is 2. The lowest BCUT2D eigenvalue weighted by Gasteiger charge is -2.17. The van der Waals surface area contributed by atoms with Gasteiger partial charge in [0.25, 0.3) is 0 Å². The van der Waals surface area contributed by atoms with Gasteiger partial charge in [0.05, 0.1) is 11.0 Å². The Hall–Kier alpha value is -4.56. The minimum atomic E-state index is 1.09. The van der Waals surface area contributed by atoms with Crippen LogP contribution in [0.15, 0.2) is 121 Å². The summed E-state index contributed by atoms with van der Waals surface area (Å²) in [5.41, 5.74) is 11.3. The molecule has 0 saturated carbocycles. The lowest BCUT2D eigenvalue weighted by Crippen LogP contribution is -1.99. The van der Waals surface area contributed by atoms with E-state index in [1.165, 1.54) is 49.8 Å².